The first-order valence-corrected chi connectivity index (χ1v) is 11.7. The van der Waals surface area contributed by atoms with E-state index in [-0.39, 0.29) is 17.2 Å². The molecular weight excluding hydrogens is 487 g/mol. The molecule has 3 N–H and O–H groups in total. The molecule has 0 spiro atoms. The molecule has 4 rings (SSSR count). The number of hydrogen-bond acceptors (Lipinski definition) is 6. The number of methoxy groups -OCH3 is 1. The van der Waals surface area contributed by atoms with Crippen molar-refractivity contribution in [1.82, 2.24) is 14.7 Å². The molecule has 0 saturated carbocycles. The summed E-state index contributed by atoms with van der Waals surface area (Å²) in [7, 11) is 3.02. The molecule has 0 unspecified atom stereocenters. The second-order valence-electron chi connectivity index (χ2n) is 9.07. The number of fused-ring (bicyclic) bond motifs is 1. The molecule has 196 valence electrons. The van der Waals surface area contributed by atoms with Gasteiger partial charge in [0.25, 0.3) is 5.56 Å². The Balaban J connectivity index is 1.80. The Morgan fingerprint density at radius 2 is 1.92 bits per heavy atom. The van der Waals surface area contributed by atoms with Crippen molar-refractivity contribution in [2.24, 2.45) is 7.05 Å². The maximum Gasteiger partial charge on any atom is 0.416 e. The molecule has 3 aromatic rings. The van der Waals surface area contributed by atoms with Crippen molar-refractivity contribution in [3.63, 3.8) is 0 Å². The number of nitrogens with two attached hydrogens (primary N) is 1. The first-order valence-electron chi connectivity index (χ1n) is 11.7. The molecule has 0 aliphatic carbocycles. The lowest BCUT2D eigenvalue weighted by atomic mass is 9.96. The number of rotatable bonds is 5. The number of halogens is 3. The normalized spacial score (nSPS) is 14.9. The van der Waals surface area contributed by atoms with E-state index in [1.165, 1.54) is 31.8 Å². The number of carbonyl (C=O) groups excluding carboxylic acids is 1. The predicted molar refractivity (Wildman–Crippen MR) is 136 cm³/mol. The van der Waals surface area contributed by atoms with Crippen molar-refractivity contribution in [3.05, 3.63) is 63.5 Å². The number of aryl methyl sites for hydroxylation is 1. The van der Waals surface area contributed by atoms with Crippen LogP contribution in [0.1, 0.15) is 43.0 Å². The number of anilines is 2. The molecule has 0 saturated heterocycles. The SMILES string of the molecule is COc1cc2c(=O)n(C)nc(N[C@H](C)c3cc(N)cc(C(F)(F)F)c3)c2cc1C1=CCN(C(C)=O)CC1. The van der Waals surface area contributed by atoms with Crippen molar-refractivity contribution >= 4 is 33.8 Å². The summed E-state index contributed by atoms with van der Waals surface area (Å²) >= 11 is 0. The van der Waals surface area contributed by atoms with E-state index in [4.69, 9.17) is 10.5 Å². The molecule has 1 aromatic heterocycles. The van der Waals surface area contributed by atoms with Crippen LogP contribution >= 0.6 is 0 Å². The number of amides is 1. The van der Waals surface area contributed by atoms with Gasteiger partial charge in [-0.15, -0.1) is 0 Å². The van der Waals surface area contributed by atoms with Gasteiger partial charge in [0.1, 0.15) is 5.75 Å². The first kappa shape index (κ1) is 26.1. The van der Waals surface area contributed by atoms with E-state index in [1.807, 2.05) is 6.08 Å². The smallest absolute Gasteiger partial charge is 0.416 e. The topological polar surface area (TPSA) is 102 Å². The molecule has 1 aliphatic heterocycles. The van der Waals surface area contributed by atoms with Crippen molar-refractivity contribution in [1.29, 1.82) is 0 Å². The minimum Gasteiger partial charge on any atom is -0.496 e. The lowest BCUT2D eigenvalue weighted by Gasteiger charge is -2.26. The van der Waals surface area contributed by atoms with Crippen molar-refractivity contribution in [2.45, 2.75) is 32.5 Å². The van der Waals surface area contributed by atoms with Crippen LogP contribution in [0.25, 0.3) is 16.3 Å². The predicted octanol–water partition coefficient (Wildman–Crippen LogP) is 4.35. The monoisotopic (exact) mass is 515 g/mol. The summed E-state index contributed by atoms with van der Waals surface area (Å²) in [6, 6.07) is 6.23. The van der Waals surface area contributed by atoms with E-state index in [1.54, 1.807) is 24.0 Å². The zero-order chi connectivity index (χ0) is 27.1. The lowest BCUT2D eigenvalue weighted by Crippen LogP contribution is -2.32. The van der Waals surface area contributed by atoms with E-state index in [2.05, 4.69) is 10.4 Å². The molecule has 2 aromatic carbocycles. The van der Waals surface area contributed by atoms with E-state index in [0.29, 0.717) is 47.4 Å². The van der Waals surface area contributed by atoms with Crippen LogP contribution in [0, 0.1) is 0 Å². The Morgan fingerprint density at radius 1 is 1.19 bits per heavy atom. The van der Waals surface area contributed by atoms with E-state index in [0.717, 1.165) is 23.3 Å². The van der Waals surface area contributed by atoms with Crippen LogP contribution in [0.5, 0.6) is 5.75 Å². The molecule has 0 fully saturated rings. The number of hydrogen-bond donors (Lipinski definition) is 2. The minimum atomic E-state index is -4.54. The molecule has 1 aliphatic rings. The van der Waals surface area contributed by atoms with Gasteiger partial charge in [-0.05, 0) is 54.8 Å². The number of nitrogens with one attached hydrogen (secondary N) is 1. The minimum absolute atomic E-state index is 0.00684. The Hall–Kier alpha value is -4.02. The van der Waals surface area contributed by atoms with Crippen molar-refractivity contribution < 1.29 is 22.7 Å². The molecular formula is C26H28F3N5O3. The molecule has 1 atom stereocenters. The first-order chi connectivity index (χ1) is 17.4. The Kier molecular flexibility index (Phi) is 6.90. The number of ether oxygens (including phenoxy) is 1. The van der Waals surface area contributed by atoms with E-state index < -0.39 is 17.8 Å². The van der Waals surface area contributed by atoms with Gasteiger partial charge in [-0.2, -0.15) is 18.3 Å². The van der Waals surface area contributed by atoms with Crippen LogP contribution in [0.3, 0.4) is 0 Å². The summed E-state index contributed by atoms with van der Waals surface area (Å²) in [5, 5.41) is 8.37. The highest BCUT2D eigenvalue weighted by Crippen LogP contribution is 2.37. The van der Waals surface area contributed by atoms with Gasteiger partial charge in [0.2, 0.25) is 5.91 Å². The number of nitrogens with zero attached hydrogens (tertiary/aromatic N) is 3. The highest BCUT2D eigenvalue weighted by atomic mass is 19.4. The quantitative estimate of drug-likeness (QED) is 0.490. The third-order valence-corrected chi connectivity index (χ3v) is 6.53. The van der Waals surface area contributed by atoms with Crippen LogP contribution < -0.4 is 21.3 Å². The summed E-state index contributed by atoms with van der Waals surface area (Å²) in [6.45, 7) is 4.22. The maximum atomic E-state index is 13.3. The highest BCUT2D eigenvalue weighted by molar-refractivity contribution is 5.95. The molecule has 0 bridgehead atoms. The Bertz CT molecular complexity index is 1460. The second-order valence-corrected chi connectivity index (χ2v) is 9.07. The van der Waals surface area contributed by atoms with E-state index in [9.17, 15) is 22.8 Å². The Morgan fingerprint density at radius 3 is 2.51 bits per heavy atom. The van der Waals surface area contributed by atoms with Gasteiger partial charge in [-0.1, -0.05) is 6.08 Å². The average molecular weight is 516 g/mol. The second kappa shape index (κ2) is 9.79. The third-order valence-electron chi connectivity index (χ3n) is 6.53. The van der Waals surface area contributed by atoms with Crippen LogP contribution in [0.2, 0.25) is 0 Å². The fraction of sp³-hybridized carbons (Fsp3) is 0.346. The summed E-state index contributed by atoms with van der Waals surface area (Å²) in [6.07, 6.45) is -1.99. The van der Waals surface area contributed by atoms with Gasteiger partial charge in [-0.25, -0.2) is 4.68 Å². The fourth-order valence-electron chi connectivity index (χ4n) is 4.48. The zero-order valence-corrected chi connectivity index (χ0v) is 20.9. The maximum absolute atomic E-state index is 13.3. The van der Waals surface area contributed by atoms with Crippen LogP contribution in [-0.2, 0) is 18.0 Å². The van der Waals surface area contributed by atoms with Crippen molar-refractivity contribution in [2.75, 3.05) is 31.2 Å². The number of aromatic nitrogens is 2. The van der Waals surface area contributed by atoms with Gasteiger partial charge in [-0.3, -0.25) is 9.59 Å². The number of carbonyl (C=O) groups is 1. The number of benzene rings is 2. The van der Waals surface area contributed by atoms with Gasteiger partial charge in [0.15, 0.2) is 5.82 Å². The standard InChI is InChI=1S/C26H28F3N5O3/c1-14(17-9-18(26(27,28)29)11-19(30)10-17)31-24-21-12-20(16-5-7-34(8-6-16)15(2)35)23(37-4)13-22(21)25(36)33(3)32-24/h5,9-14H,6-8,30H2,1-4H3,(H,31,32)/t14-/m1/s1. The van der Waals surface area contributed by atoms with Crippen LogP contribution in [0.4, 0.5) is 24.7 Å². The molecule has 11 heteroatoms. The average Bonchev–Trinajstić information content (AvgIpc) is 2.85. The van der Waals surface area contributed by atoms with Gasteiger partial charge in [0.05, 0.1) is 24.1 Å². The number of nitrogen functional groups attached to an aromatic ring is 1. The summed E-state index contributed by atoms with van der Waals surface area (Å²) in [5.74, 6) is 0.818. The molecule has 8 nitrogen and oxygen atoms in total. The Labute approximate surface area is 211 Å². The van der Waals surface area contributed by atoms with Crippen LogP contribution in [-0.4, -0.2) is 40.8 Å². The van der Waals surface area contributed by atoms with Gasteiger partial charge < -0.3 is 20.7 Å². The summed E-state index contributed by atoms with van der Waals surface area (Å²) < 4.78 is 46.8. The lowest BCUT2D eigenvalue weighted by molar-refractivity contribution is -0.137. The molecule has 0 radical (unpaired) electrons. The summed E-state index contributed by atoms with van der Waals surface area (Å²) in [5.41, 5.74) is 6.60. The summed E-state index contributed by atoms with van der Waals surface area (Å²) in [4.78, 5) is 26.4. The van der Waals surface area contributed by atoms with Gasteiger partial charge >= 0.3 is 6.18 Å². The largest absolute Gasteiger partial charge is 0.496 e. The molecule has 2 heterocycles. The number of alkyl halides is 3. The zero-order valence-electron chi connectivity index (χ0n) is 20.9. The van der Waals surface area contributed by atoms with E-state index >= 15 is 0 Å². The van der Waals surface area contributed by atoms with Gasteiger partial charge in [0, 0.05) is 43.7 Å². The third kappa shape index (κ3) is 5.25. The molecule has 1 amide bonds. The highest BCUT2D eigenvalue weighted by Gasteiger charge is 2.31. The fourth-order valence-corrected chi connectivity index (χ4v) is 4.48. The van der Waals surface area contributed by atoms with Crippen LogP contribution in [0.15, 0.2) is 41.2 Å². The molecule has 37 heavy (non-hydrogen) atoms. The van der Waals surface area contributed by atoms with Crippen molar-refractivity contribution in [3.8, 4) is 5.75 Å².